The molecule has 1 rings (SSSR count). The molecule has 0 spiro atoms. The van der Waals surface area contributed by atoms with Crippen molar-refractivity contribution in [3.8, 4) is 0 Å². The molecule has 2 radical (unpaired) electrons. The van der Waals surface area contributed by atoms with Crippen LogP contribution < -0.4 is 0 Å². The normalized spacial score (nSPS) is 29.5. The zero-order chi connectivity index (χ0) is 9.62. The van der Waals surface area contributed by atoms with Gasteiger partial charge in [0.1, 0.15) is 0 Å². The molecule has 0 saturated heterocycles. The molecule has 68 valence electrons. The Kier molecular flexibility index (Phi) is 2.24. The van der Waals surface area contributed by atoms with Crippen LogP contribution in [-0.2, 0) is 4.43 Å². The van der Waals surface area contributed by atoms with Gasteiger partial charge in [0, 0.05) is 5.41 Å². The van der Waals surface area contributed by atoms with Gasteiger partial charge in [0.15, 0.2) is 0 Å². The Labute approximate surface area is 80.0 Å². The minimum Gasteiger partial charge on any atom is -0.547 e. The molecule has 0 saturated carbocycles. The van der Waals surface area contributed by atoms with Gasteiger partial charge in [0.05, 0.1) is 14.2 Å². The summed E-state index contributed by atoms with van der Waals surface area (Å²) in [6, 6.07) is 0. The summed E-state index contributed by atoms with van der Waals surface area (Å²) >= 11 is 0. The van der Waals surface area contributed by atoms with Crippen LogP contribution in [0, 0.1) is 5.41 Å². The molecule has 0 atom stereocenters. The lowest BCUT2D eigenvalue weighted by atomic mass is 9.68. The van der Waals surface area contributed by atoms with Gasteiger partial charge >= 0.3 is 0 Å². The minimum atomic E-state index is 0.0280. The smallest absolute Gasteiger partial charge is 0.244 e. The van der Waals surface area contributed by atoms with Gasteiger partial charge in [0.2, 0.25) is 8.86 Å². The van der Waals surface area contributed by atoms with Crippen molar-refractivity contribution in [3.63, 3.8) is 0 Å². The first kappa shape index (κ1) is 10.3. The highest BCUT2D eigenvalue weighted by Crippen LogP contribution is 2.52. The molecular formula is C9H18OSi2. The van der Waals surface area contributed by atoms with Crippen LogP contribution in [0.15, 0.2) is 0 Å². The second-order valence-corrected chi connectivity index (χ2v) is 8.36. The fourth-order valence-electron chi connectivity index (χ4n) is 1.32. The predicted molar refractivity (Wildman–Crippen MR) is 54.5 cm³/mol. The first-order valence-corrected chi connectivity index (χ1v) is 7.32. The molecule has 0 bridgehead atoms. The molecular weight excluding hydrogens is 180 g/mol. The summed E-state index contributed by atoms with van der Waals surface area (Å²) in [5, 5.41) is 0.424. The quantitative estimate of drug-likeness (QED) is 0.543. The van der Waals surface area contributed by atoms with E-state index in [0.29, 0.717) is 13.9 Å². The lowest BCUT2D eigenvalue weighted by molar-refractivity contribution is -0.0342. The Morgan fingerprint density at radius 2 is 1.42 bits per heavy atom. The van der Waals surface area contributed by atoms with Crippen LogP contribution >= 0.6 is 0 Å². The lowest BCUT2D eigenvalue weighted by Crippen LogP contribution is -2.52. The highest BCUT2D eigenvalue weighted by atomic mass is 28.9. The molecule has 1 heterocycles. The van der Waals surface area contributed by atoms with Crippen LogP contribution in [0.3, 0.4) is 0 Å². The van der Waals surface area contributed by atoms with E-state index in [4.69, 9.17) is 4.43 Å². The summed E-state index contributed by atoms with van der Waals surface area (Å²) in [5.41, 5.74) is 0.296. The van der Waals surface area contributed by atoms with Crippen molar-refractivity contribution in [2.24, 2.45) is 5.41 Å². The van der Waals surface area contributed by atoms with Crippen molar-refractivity contribution in [1.82, 2.24) is 0 Å². The van der Waals surface area contributed by atoms with E-state index in [0.717, 1.165) is 8.61 Å². The summed E-state index contributed by atoms with van der Waals surface area (Å²) in [6.07, 6.45) is 0. The predicted octanol–water partition coefficient (Wildman–Crippen LogP) is 2.26. The van der Waals surface area contributed by atoms with Crippen LogP contribution in [0.2, 0.25) is 5.04 Å². The molecule has 0 unspecified atom stereocenters. The average molecular weight is 198 g/mol. The third-order valence-corrected chi connectivity index (χ3v) is 8.19. The average Bonchev–Trinajstić information content (AvgIpc) is 1.83. The first-order valence-electron chi connectivity index (χ1n) is 4.41. The molecule has 0 aromatic rings. The van der Waals surface area contributed by atoms with Crippen LogP contribution in [0.1, 0.15) is 41.5 Å². The Morgan fingerprint density at radius 3 is 1.75 bits per heavy atom. The van der Waals surface area contributed by atoms with E-state index in [2.05, 4.69) is 41.5 Å². The van der Waals surface area contributed by atoms with Gasteiger partial charge in [-0.15, -0.1) is 0 Å². The molecule has 0 aliphatic carbocycles. The third-order valence-electron chi connectivity index (χ3n) is 3.74. The zero-order valence-corrected chi connectivity index (χ0v) is 10.9. The molecule has 1 aliphatic rings. The van der Waals surface area contributed by atoms with Gasteiger partial charge in [-0.25, -0.2) is 0 Å². The summed E-state index contributed by atoms with van der Waals surface area (Å²) < 4.78 is 5.86. The maximum atomic E-state index is 5.86. The third kappa shape index (κ3) is 1.27. The van der Waals surface area contributed by atoms with Gasteiger partial charge in [-0.1, -0.05) is 27.7 Å². The maximum absolute atomic E-state index is 5.86. The highest BCUT2D eigenvalue weighted by Gasteiger charge is 2.50. The molecule has 0 aromatic heterocycles. The van der Waals surface area contributed by atoms with E-state index in [1.54, 1.807) is 0 Å². The Balaban J connectivity index is 3.13. The Hall–Kier alpha value is 0.234. The molecule has 0 amide bonds. The largest absolute Gasteiger partial charge is 0.547 e. The Morgan fingerprint density at radius 1 is 0.917 bits per heavy atom. The summed E-state index contributed by atoms with van der Waals surface area (Å²) in [4.78, 5) is 0. The first-order chi connectivity index (χ1) is 5.21. The van der Waals surface area contributed by atoms with E-state index in [1.807, 2.05) is 0 Å². The van der Waals surface area contributed by atoms with Crippen molar-refractivity contribution in [3.05, 3.63) is 0 Å². The van der Waals surface area contributed by atoms with Crippen LogP contribution in [0.4, 0.5) is 0 Å². The highest BCUT2D eigenvalue weighted by molar-refractivity contribution is 6.72. The topological polar surface area (TPSA) is 9.23 Å². The lowest BCUT2D eigenvalue weighted by Gasteiger charge is -2.52. The van der Waals surface area contributed by atoms with Gasteiger partial charge in [-0.05, 0) is 18.9 Å². The van der Waals surface area contributed by atoms with E-state index >= 15 is 0 Å². The van der Waals surface area contributed by atoms with E-state index in [9.17, 15) is 0 Å². The van der Waals surface area contributed by atoms with Gasteiger partial charge < -0.3 is 4.43 Å². The maximum Gasteiger partial charge on any atom is 0.244 e. The molecule has 1 aliphatic heterocycles. The number of hydrogen-bond acceptors (Lipinski definition) is 1. The van der Waals surface area contributed by atoms with Crippen molar-refractivity contribution in [1.29, 1.82) is 0 Å². The Bertz CT molecular complexity index is 217. The van der Waals surface area contributed by atoms with E-state index in [-0.39, 0.29) is 11.0 Å². The molecule has 3 heteroatoms. The zero-order valence-electron chi connectivity index (χ0n) is 8.91. The number of rotatable bonds is 0. The van der Waals surface area contributed by atoms with Crippen LogP contribution in [-0.4, -0.2) is 23.1 Å². The van der Waals surface area contributed by atoms with Gasteiger partial charge in [-0.3, -0.25) is 0 Å². The molecule has 1 nitrogen and oxygen atoms in total. The standard InChI is InChI=1S/C9H18OSi2/c1-7(2)8(3,4)10-12-11-9(7,5)6/h1-6H3. The van der Waals surface area contributed by atoms with Crippen LogP contribution in [0.25, 0.3) is 0 Å². The molecule has 12 heavy (non-hydrogen) atoms. The van der Waals surface area contributed by atoms with Gasteiger partial charge in [-0.2, -0.15) is 0 Å². The van der Waals surface area contributed by atoms with Crippen molar-refractivity contribution >= 4 is 17.5 Å². The van der Waals surface area contributed by atoms with E-state index < -0.39 is 0 Å². The summed E-state index contributed by atoms with van der Waals surface area (Å²) in [5.74, 6) is 0. The minimum absolute atomic E-state index is 0.0280. The van der Waals surface area contributed by atoms with Gasteiger partial charge in [0.25, 0.3) is 0 Å². The van der Waals surface area contributed by atoms with E-state index in [1.165, 1.54) is 0 Å². The molecule has 0 aromatic carbocycles. The summed E-state index contributed by atoms with van der Waals surface area (Å²) in [6.45, 7) is 13.8. The number of hydrogen-bond donors (Lipinski definition) is 0. The molecule has 0 fully saturated rings. The second-order valence-electron chi connectivity index (χ2n) is 5.09. The van der Waals surface area contributed by atoms with Crippen molar-refractivity contribution in [2.75, 3.05) is 0 Å². The monoisotopic (exact) mass is 198 g/mol. The fraction of sp³-hybridized carbons (Fsp3) is 1.00. The summed E-state index contributed by atoms with van der Waals surface area (Å²) in [7, 11) is 1.65. The molecule has 0 N–H and O–H groups in total. The van der Waals surface area contributed by atoms with Crippen molar-refractivity contribution < 1.29 is 4.43 Å². The second kappa shape index (κ2) is 2.61. The fourth-order valence-corrected chi connectivity index (χ4v) is 5.37. The van der Waals surface area contributed by atoms with Crippen molar-refractivity contribution in [2.45, 2.75) is 52.2 Å². The SMILES string of the molecule is CC1(C)O[Si]=[Si]C(C)(C)C1(C)C. The van der Waals surface area contributed by atoms with Crippen LogP contribution in [0.5, 0.6) is 0 Å².